The Morgan fingerprint density at radius 1 is 1.16 bits per heavy atom. The van der Waals surface area contributed by atoms with E-state index in [1.54, 1.807) is 42.5 Å². The van der Waals surface area contributed by atoms with Crippen molar-refractivity contribution < 1.29 is 19.1 Å². The Kier molecular flexibility index (Phi) is 8.96. The van der Waals surface area contributed by atoms with Crippen LogP contribution in [0, 0.1) is 0 Å². The Balaban J connectivity index is 1.45. The van der Waals surface area contributed by atoms with Crippen molar-refractivity contribution in [2.75, 3.05) is 24.3 Å². The molecule has 222 valence electrons. The smallest absolute Gasteiger partial charge is 0.411 e. The third-order valence-corrected chi connectivity index (χ3v) is 7.04. The van der Waals surface area contributed by atoms with Gasteiger partial charge in [-0.25, -0.2) is 9.78 Å². The van der Waals surface area contributed by atoms with Crippen molar-refractivity contribution in [2.45, 2.75) is 31.7 Å². The number of fused-ring (bicyclic) bond motifs is 4. The van der Waals surface area contributed by atoms with Gasteiger partial charge < -0.3 is 26.1 Å². The number of nitrogens with two attached hydrogens (primary N) is 1. The fraction of sp³-hybridized carbons (Fsp3) is 0.250. The molecular weight excluding hydrogens is 576 g/mol. The molecule has 15 heteroatoms. The van der Waals surface area contributed by atoms with Crippen molar-refractivity contribution in [1.82, 2.24) is 35.5 Å². The number of hydrogen-bond acceptors (Lipinski definition) is 9. The number of nitrogens with one attached hydrogen (secondary N) is 4. The summed E-state index contributed by atoms with van der Waals surface area (Å²) in [6.07, 6.45) is 6.94. The first-order chi connectivity index (χ1) is 20.8. The summed E-state index contributed by atoms with van der Waals surface area (Å²) in [6.45, 7) is 0.640. The van der Waals surface area contributed by atoms with Gasteiger partial charge in [-0.1, -0.05) is 24.4 Å². The number of nitrogens with zero attached hydrogens (tertiary/aromatic N) is 5. The maximum absolute atomic E-state index is 13.2. The number of benzene rings is 2. The van der Waals surface area contributed by atoms with E-state index in [-0.39, 0.29) is 11.6 Å². The molecule has 0 saturated carbocycles. The standard InChI is InChI=1S/C28H29ClN10O4/c1-43-28(42)33-18-8-9-19-21(14-18)31-12-4-2-3-5-20(27-35-24(19)25(36-27)26(30)41)34-23(40)11-6-16-13-17(29)7-10-22(16)39-15-32-37-38-39/h6-11,13-15,20,31H,2-5,12H2,1H3,(H2,30,41)(H,33,42)(H,34,40)(H,35,36)/b11-6+. The predicted molar refractivity (Wildman–Crippen MR) is 160 cm³/mol. The van der Waals surface area contributed by atoms with Gasteiger partial charge in [-0.3, -0.25) is 14.9 Å². The first kappa shape index (κ1) is 29.3. The van der Waals surface area contributed by atoms with Crippen LogP contribution in [0.25, 0.3) is 23.0 Å². The van der Waals surface area contributed by atoms with Crippen LogP contribution in [0.1, 0.15) is 53.6 Å². The molecule has 1 aliphatic rings. The number of carbonyl (C=O) groups is 3. The zero-order valence-electron chi connectivity index (χ0n) is 23.1. The van der Waals surface area contributed by atoms with Gasteiger partial charge in [-0.05, 0) is 65.7 Å². The fourth-order valence-corrected chi connectivity index (χ4v) is 4.93. The molecule has 14 nitrogen and oxygen atoms in total. The topological polar surface area (TPSA) is 195 Å². The maximum Gasteiger partial charge on any atom is 0.411 e. The molecule has 2 aromatic heterocycles. The molecule has 0 radical (unpaired) electrons. The summed E-state index contributed by atoms with van der Waals surface area (Å²) in [6, 6.07) is 9.77. The summed E-state index contributed by atoms with van der Waals surface area (Å²) in [5, 5.41) is 20.7. The van der Waals surface area contributed by atoms with Gasteiger partial charge >= 0.3 is 6.09 Å². The summed E-state index contributed by atoms with van der Waals surface area (Å²) in [5.41, 5.74) is 9.21. The lowest BCUT2D eigenvalue weighted by Gasteiger charge is -2.17. The number of hydrogen-bond donors (Lipinski definition) is 5. The number of halogens is 1. The van der Waals surface area contributed by atoms with Gasteiger partial charge in [0, 0.05) is 40.1 Å². The number of imidazole rings is 1. The third kappa shape index (κ3) is 6.98. The molecule has 0 spiro atoms. The number of aromatic amines is 1. The normalized spacial score (nSPS) is 15.0. The number of H-pyrrole nitrogens is 1. The Bertz CT molecular complexity index is 1670. The number of ether oxygens (including phenoxy) is 1. The van der Waals surface area contributed by atoms with Crippen molar-refractivity contribution in [2.24, 2.45) is 5.73 Å². The molecule has 5 rings (SSSR count). The monoisotopic (exact) mass is 604 g/mol. The molecule has 1 unspecified atom stereocenters. The fourth-order valence-electron chi connectivity index (χ4n) is 4.75. The largest absolute Gasteiger partial charge is 0.453 e. The van der Waals surface area contributed by atoms with Crippen LogP contribution >= 0.6 is 11.6 Å². The number of rotatable bonds is 6. The Labute approximate surface area is 251 Å². The first-order valence-electron chi connectivity index (χ1n) is 13.5. The summed E-state index contributed by atoms with van der Waals surface area (Å²) in [5.74, 6) is -0.683. The molecule has 2 bridgehead atoms. The minimum absolute atomic E-state index is 0.103. The van der Waals surface area contributed by atoms with Crippen LogP contribution in [0.5, 0.6) is 0 Å². The molecule has 4 aromatic rings. The highest BCUT2D eigenvalue weighted by molar-refractivity contribution is 6.30. The maximum atomic E-state index is 13.2. The highest BCUT2D eigenvalue weighted by Crippen LogP contribution is 2.34. The SMILES string of the molecule is COC(=O)Nc1ccc2c(c1)NCCCCCC(NC(=O)/C=C/c1cc(Cl)ccc1-n1cnnn1)c1nc-2c(C(N)=O)[nH]1. The van der Waals surface area contributed by atoms with Crippen LogP contribution in [-0.2, 0) is 9.53 Å². The second kappa shape index (κ2) is 13.2. The third-order valence-electron chi connectivity index (χ3n) is 6.81. The molecule has 0 saturated heterocycles. The zero-order chi connectivity index (χ0) is 30.3. The molecule has 1 atom stereocenters. The number of carbonyl (C=O) groups excluding carboxylic acids is 3. The molecule has 2 aromatic carbocycles. The second-order valence-electron chi connectivity index (χ2n) is 9.71. The van der Waals surface area contributed by atoms with Crippen LogP contribution < -0.4 is 21.7 Å². The van der Waals surface area contributed by atoms with E-state index in [1.807, 2.05) is 0 Å². The molecule has 6 N–H and O–H groups in total. The number of amides is 3. The van der Waals surface area contributed by atoms with E-state index in [1.165, 1.54) is 24.2 Å². The van der Waals surface area contributed by atoms with Crippen molar-refractivity contribution in [1.29, 1.82) is 0 Å². The Hall–Kier alpha value is -5.24. The lowest BCUT2D eigenvalue weighted by Crippen LogP contribution is -2.28. The van der Waals surface area contributed by atoms with E-state index in [0.717, 1.165) is 19.3 Å². The molecule has 43 heavy (non-hydrogen) atoms. The predicted octanol–water partition coefficient (Wildman–Crippen LogP) is 3.84. The quantitative estimate of drug-likeness (QED) is 0.203. The van der Waals surface area contributed by atoms with Gasteiger partial charge in [0.25, 0.3) is 5.91 Å². The number of aromatic nitrogens is 6. The molecule has 1 aliphatic heterocycles. The second-order valence-corrected chi connectivity index (χ2v) is 10.2. The van der Waals surface area contributed by atoms with Gasteiger partial charge in [0.2, 0.25) is 5.91 Å². The van der Waals surface area contributed by atoms with Crippen molar-refractivity contribution in [3.8, 4) is 16.9 Å². The number of methoxy groups -OCH3 is 1. The number of tetrazole rings is 1. The van der Waals surface area contributed by atoms with Crippen molar-refractivity contribution in [3.05, 3.63) is 70.9 Å². The molecule has 0 fully saturated rings. The highest BCUT2D eigenvalue weighted by Gasteiger charge is 2.25. The lowest BCUT2D eigenvalue weighted by molar-refractivity contribution is -0.117. The minimum Gasteiger partial charge on any atom is -0.453 e. The summed E-state index contributed by atoms with van der Waals surface area (Å²) in [4.78, 5) is 45.2. The van der Waals surface area contributed by atoms with Crippen molar-refractivity contribution in [3.63, 3.8) is 0 Å². The van der Waals surface area contributed by atoms with Crippen molar-refractivity contribution >= 4 is 47.0 Å². The average molecular weight is 605 g/mol. The van der Waals surface area contributed by atoms with E-state index in [2.05, 4.69) is 36.5 Å². The Morgan fingerprint density at radius 2 is 2.02 bits per heavy atom. The zero-order valence-corrected chi connectivity index (χ0v) is 23.9. The summed E-state index contributed by atoms with van der Waals surface area (Å²) < 4.78 is 6.16. The van der Waals surface area contributed by atoms with E-state index in [0.29, 0.717) is 57.7 Å². The van der Waals surface area contributed by atoms with Crippen LogP contribution in [-0.4, -0.2) is 61.7 Å². The summed E-state index contributed by atoms with van der Waals surface area (Å²) in [7, 11) is 1.28. The van der Waals surface area contributed by atoms with Gasteiger partial charge in [-0.2, -0.15) is 4.68 Å². The summed E-state index contributed by atoms with van der Waals surface area (Å²) >= 11 is 6.20. The Morgan fingerprint density at radius 3 is 2.79 bits per heavy atom. The van der Waals surface area contributed by atoms with Crippen LogP contribution in [0.2, 0.25) is 5.02 Å². The number of anilines is 2. The van der Waals surface area contributed by atoms with Gasteiger partial charge in [0.15, 0.2) is 0 Å². The first-order valence-corrected chi connectivity index (χ1v) is 13.8. The highest BCUT2D eigenvalue weighted by atomic mass is 35.5. The van der Waals surface area contributed by atoms with Gasteiger partial charge in [0.1, 0.15) is 23.5 Å². The van der Waals surface area contributed by atoms with Gasteiger partial charge in [0.05, 0.1) is 18.8 Å². The van der Waals surface area contributed by atoms with Gasteiger partial charge in [-0.15, -0.1) is 5.10 Å². The van der Waals surface area contributed by atoms with Crippen LogP contribution in [0.3, 0.4) is 0 Å². The van der Waals surface area contributed by atoms with Crippen LogP contribution in [0.4, 0.5) is 16.2 Å². The van der Waals surface area contributed by atoms with E-state index in [9.17, 15) is 14.4 Å². The minimum atomic E-state index is -0.701. The van der Waals surface area contributed by atoms with E-state index >= 15 is 0 Å². The average Bonchev–Trinajstić information content (AvgIpc) is 3.68. The van der Waals surface area contributed by atoms with E-state index < -0.39 is 18.0 Å². The molecule has 3 heterocycles. The number of primary amides is 1. The molecule has 3 amide bonds. The lowest BCUT2D eigenvalue weighted by atomic mass is 10.0. The molecule has 0 aliphatic carbocycles. The molecular formula is C28H29ClN10O4. The van der Waals surface area contributed by atoms with Crippen LogP contribution in [0.15, 0.2) is 48.8 Å². The van der Waals surface area contributed by atoms with E-state index in [4.69, 9.17) is 27.1 Å².